The molecule has 0 aliphatic heterocycles. The lowest BCUT2D eigenvalue weighted by atomic mass is 10.3. The Morgan fingerprint density at radius 2 is 1.95 bits per heavy atom. The Morgan fingerprint density at radius 3 is 2.75 bits per heavy atom. The first-order chi connectivity index (χ1) is 9.88. The van der Waals surface area contributed by atoms with Gasteiger partial charge in [0.05, 0.1) is 31.8 Å². The van der Waals surface area contributed by atoms with Gasteiger partial charge in [0, 0.05) is 46.7 Å². The summed E-state index contributed by atoms with van der Waals surface area (Å²) in [6, 6.07) is 0. The van der Waals surface area contributed by atoms with Crippen molar-refractivity contribution in [2.24, 2.45) is 0 Å². The lowest BCUT2D eigenvalue weighted by molar-refractivity contribution is 0.0684. The van der Waals surface area contributed by atoms with Crippen LogP contribution in [0.5, 0.6) is 0 Å². The molecule has 20 heavy (non-hydrogen) atoms. The van der Waals surface area contributed by atoms with Crippen LogP contribution in [0.25, 0.3) is 0 Å². The SMILES string of the molecule is COCCNCc1cncn1CCCCOCCOC. The summed E-state index contributed by atoms with van der Waals surface area (Å²) in [5.41, 5.74) is 1.21. The highest BCUT2D eigenvalue weighted by molar-refractivity contribution is 4.97. The van der Waals surface area contributed by atoms with Crippen molar-refractivity contribution in [1.29, 1.82) is 0 Å². The van der Waals surface area contributed by atoms with Crippen molar-refractivity contribution in [3.8, 4) is 0 Å². The van der Waals surface area contributed by atoms with Gasteiger partial charge < -0.3 is 24.1 Å². The zero-order valence-electron chi connectivity index (χ0n) is 12.6. The fraction of sp³-hybridized carbons (Fsp3) is 0.786. The van der Waals surface area contributed by atoms with Crippen LogP contribution in [0.15, 0.2) is 12.5 Å². The van der Waals surface area contributed by atoms with Gasteiger partial charge in [0.1, 0.15) is 0 Å². The number of methoxy groups -OCH3 is 2. The molecule has 1 aromatic rings. The minimum absolute atomic E-state index is 0.665. The van der Waals surface area contributed by atoms with E-state index in [1.165, 1.54) is 5.69 Å². The topological polar surface area (TPSA) is 57.5 Å². The summed E-state index contributed by atoms with van der Waals surface area (Å²) >= 11 is 0. The number of imidazole rings is 1. The number of ether oxygens (including phenoxy) is 3. The predicted molar refractivity (Wildman–Crippen MR) is 77.7 cm³/mol. The van der Waals surface area contributed by atoms with Crippen LogP contribution in [0, 0.1) is 0 Å². The van der Waals surface area contributed by atoms with E-state index < -0.39 is 0 Å². The van der Waals surface area contributed by atoms with Gasteiger partial charge >= 0.3 is 0 Å². The average Bonchev–Trinajstić information content (AvgIpc) is 2.90. The molecular formula is C14H27N3O3. The molecule has 0 amide bonds. The molecule has 0 radical (unpaired) electrons. The molecular weight excluding hydrogens is 258 g/mol. The number of aromatic nitrogens is 2. The lowest BCUT2D eigenvalue weighted by Gasteiger charge is -2.09. The van der Waals surface area contributed by atoms with Gasteiger partial charge in [-0.25, -0.2) is 4.98 Å². The molecule has 0 unspecified atom stereocenters. The summed E-state index contributed by atoms with van der Waals surface area (Å²) in [7, 11) is 3.39. The number of unbranched alkanes of at least 4 members (excludes halogenated alkanes) is 1. The number of hydrogen-bond donors (Lipinski definition) is 1. The lowest BCUT2D eigenvalue weighted by Crippen LogP contribution is -2.20. The van der Waals surface area contributed by atoms with Crippen molar-refractivity contribution in [2.75, 3.05) is 47.2 Å². The summed E-state index contributed by atoms with van der Waals surface area (Å²) in [5, 5.41) is 3.33. The van der Waals surface area contributed by atoms with Crippen LogP contribution in [0.1, 0.15) is 18.5 Å². The van der Waals surface area contributed by atoms with E-state index in [2.05, 4.69) is 14.9 Å². The molecule has 0 fully saturated rings. The second kappa shape index (κ2) is 11.8. The maximum atomic E-state index is 5.44. The van der Waals surface area contributed by atoms with Crippen LogP contribution < -0.4 is 5.32 Å². The van der Waals surface area contributed by atoms with Gasteiger partial charge in [0.2, 0.25) is 0 Å². The van der Waals surface area contributed by atoms with E-state index in [9.17, 15) is 0 Å². The van der Waals surface area contributed by atoms with Crippen molar-refractivity contribution >= 4 is 0 Å². The standard InChI is InChI=1S/C14H27N3O3/c1-18-8-5-15-11-14-12-16-13-17(14)6-3-4-7-20-10-9-19-2/h12-13,15H,3-11H2,1-2H3. The maximum Gasteiger partial charge on any atom is 0.0948 e. The van der Waals surface area contributed by atoms with Gasteiger partial charge in [0.15, 0.2) is 0 Å². The molecule has 6 heteroatoms. The Hall–Kier alpha value is -0.950. The molecule has 0 saturated heterocycles. The highest BCUT2D eigenvalue weighted by Crippen LogP contribution is 2.02. The van der Waals surface area contributed by atoms with Crippen molar-refractivity contribution in [3.63, 3.8) is 0 Å². The molecule has 1 aromatic heterocycles. The van der Waals surface area contributed by atoms with Gasteiger partial charge in [-0.05, 0) is 12.8 Å². The van der Waals surface area contributed by atoms with Gasteiger partial charge in [0.25, 0.3) is 0 Å². The molecule has 0 bridgehead atoms. The smallest absolute Gasteiger partial charge is 0.0948 e. The van der Waals surface area contributed by atoms with Crippen molar-refractivity contribution in [3.05, 3.63) is 18.2 Å². The van der Waals surface area contributed by atoms with E-state index in [0.717, 1.165) is 45.7 Å². The molecule has 1 heterocycles. The van der Waals surface area contributed by atoms with E-state index in [-0.39, 0.29) is 0 Å². The minimum Gasteiger partial charge on any atom is -0.383 e. The largest absolute Gasteiger partial charge is 0.383 e. The fourth-order valence-corrected chi connectivity index (χ4v) is 1.82. The first-order valence-corrected chi connectivity index (χ1v) is 7.13. The Bertz CT molecular complexity index is 331. The molecule has 1 N–H and O–H groups in total. The van der Waals surface area contributed by atoms with Crippen LogP contribution in [0.3, 0.4) is 0 Å². The van der Waals surface area contributed by atoms with E-state index in [1.54, 1.807) is 14.2 Å². The van der Waals surface area contributed by atoms with Gasteiger partial charge in [-0.15, -0.1) is 0 Å². The van der Waals surface area contributed by atoms with Crippen LogP contribution in [-0.2, 0) is 27.3 Å². The zero-order valence-corrected chi connectivity index (χ0v) is 12.6. The number of nitrogens with zero attached hydrogens (tertiary/aromatic N) is 2. The first kappa shape index (κ1) is 17.1. The third kappa shape index (κ3) is 7.59. The molecule has 1 rings (SSSR count). The highest BCUT2D eigenvalue weighted by atomic mass is 16.5. The predicted octanol–water partition coefficient (Wildman–Crippen LogP) is 1.06. The summed E-state index contributed by atoms with van der Waals surface area (Å²) in [5.74, 6) is 0. The van der Waals surface area contributed by atoms with Gasteiger partial charge in [-0.3, -0.25) is 0 Å². The van der Waals surface area contributed by atoms with Gasteiger partial charge in [-0.1, -0.05) is 0 Å². The molecule has 0 aliphatic carbocycles. The Morgan fingerprint density at radius 1 is 1.10 bits per heavy atom. The van der Waals surface area contributed by atoms with Crippen molar-refractivity contribution in [1.82, 2.24) is 14.9 Å². The maximum absolute atomic E-state index is 5.44. The molecule has 0 spiro atoms. The molecule has 0 aromatic carbocycles. The summed E-state index contributed by atoms with van der Waals surface area (Å²) < 4.78 is 17.6. The Labute approximate surface area is 121 Å². The van der Waals surface area contributed by atoms with Crippen molar-refractivity contribution < 1.29 is 14.2 Å². The number of hydrogen-bond acceptors (Lipinski definition) is 5. The quantitative estimate of drug-likeness (QED) is 0.549. The third-order valence-electron chi connectivity index (χ3n) is 2.96. The zero-order chi connectivity index (χ0) is 14.5. The normalized spacial score (nSPS) is 11.1. The van der Waals surface area contributed by atoms with Gasteiger partial charge in [-0.2, -0.15) is 0 Å². The Balaban J connectivity index is 2.09. The Kier molecular flexibility index (Phi) is 10.1. The third-order valence-corrected chi connectivity index (χ3v) is 2.96. The van der Waals surface area contributed by atoms with E-state index >= 15 is 0 Å². The van der Waals surface area contributed by atoms with Crippen LogP contribution >= 0.6 is 0 Å². The average molecular weight is 285 g/mol. The van der Waals surface area contributed by atoms with E-state index in [0.29, 0.717) is 13.2 Å². The molecule has 116 valence electrons. The van der Waals surface area contributed by atoms with Crippen LogP contribution in [0.2, 0.25) is 0 Å². The summed E-state index contributed by atoms with van der Waals surface area (Å²) in [6.07, 6.45) is 5.95. The fourth-order valence-electron chi connectivity index (χ4n) is 1.82. The molecule has 0 saturated carbocycles. The molecule has 6 nitrogen and oxygen atoms in total. The summed E-state index contributed by atoms with van der Waals surface area (Å²) in [6.45, 7) is 5.53. The van der Waals surface area contributed by atoms with E-state index in [1.807, 2.05) is 12.5 Å². The summed E-state index contributed by atoms with van der Waals surface area (Å²) in [4.78, 5) is 4.20. The van der Waals surface area contributed by atoms with Crippen LogP contribution in [0.4, 0.5) is 0 Å². The number of rotatable bonds is 13. The monoisotopic (exact) mass is 285 g/mol. The second-order valence-electron chi connectivity index (χ2n) is 4.56. The highest BCUT2D eigenvalue weighted by Gasteiger charge is 2.01. The second-order valence-corrected chi connectivity index (χ2v) is 4.56. The van der Waals surface area contributed by atoms with Crippen molar-refractivity contribution in [2.45, 2.75) is 25.9 Å². The number of aryl methyl sites for hydroxylation is 1. The minimum atomic E-state index is 0.665. The number of nitrogens with one attached hydrogen (secondary N) is 1. The first-order valence-electron chi connectivity index (χ1n) is 7.13. The van der Waals surface area contributed by atoms with E-state index in [4.69, 9.17) is 14.2 Å². The molecule has 0 atom stereocenters. The van der Waals surface area contributed by atoms with Crippen LogP contribution in [-0.4, -0.2) is 56.7 Å². The molecule has 0 aliphatic rings.